The van der Waals surface area contributed by atoms with E-state index in [4.69, 9.17) is 9.84 Å². The van der Waals surface area contributed by atoms with Crippen LogP contribution in [0, 0.1) is 0 Å². The van der Waals surface area contributed by atoms with Crippen LogP contribution in [0.3, 0.4) is 0 Å². The van der Waals surface area contributed by atoms with Crippen molar-refractivity contribution in [1.29, 1.82) is 0 Å². The Morgan fingerprint density at radius 1 is 1.32 bits per heavy atom. The number of carboxylic acid groups (broad SMARTS) is 1. The molecule has 0 fully saturated rings. The third-order valence-electron chi connectivity index (χ3n) is 3.05. The van der Waals surface area contributed by atoms with Crippen molar-refractivity contribution in [3.8, 4) is 0 Å². The van der Waals surface area contributed by atoms with Gasteiger partial charge in [-0.2, -0.15) is 0 Å². The first-order chi connectivity index (χ1) is 10.6. The maximum absolute atomic E-state index is 12.2. The van der Waals surface area contributed by atoms with Crippen LogP contribution in [0.1, 0.15) is 30.8 Å². The van der Waals surface area contributed by atoms with E-state index in [0.29, 0.717) is 6.42 Å². The standard InChI is InChI=1S/C14H16N4O4/c1-2-11(18-12(8-13(19)20)15-16-17-18)14(21)22-9-10-6-4-3-5-7-10/h3-7,11H,2,8-9H2,1H3,(H,19,20). The Morgan fingerprint density at radius 2 is 2.05 bits per heavy atom. The molecule has 116 valence electrons. The number of hydrogen-bond acceptors (Lipinski definition) is 6. The number of rotatable bonds is 7. The predicted octanol–water partition coefficient (Wildman–Crippen LogP) is 0.995. The van der Waals surface area contributed by atoms with Gasteiger partial charge >= 0.3 is 11.9 Å². The van der Waals surface area contributed by atoms with E-state index in [9.17, 15) is 9.59 Å². The Bertz CT molecular complexity index is 641. The van der Waals surface area contributed by atoms with Gasteiger partial charge in [0.2, 0.25) is 0 Å². The molecule has 1 heterocycles. The number of hydrogen-bond donors (Lipinski definition) is 1. The highest BCUT2D eigenvalue weighted by Crippen LogP contribution is 2.15. The molecule has 1 atom stereocenters. The molecule has 0 amide bonds. The van der Waals surface area contributed by atoms with Crippen LogP contribution < -0.4 is 0 Å². The van der Waals surface area contributed by atoms with E-state index in [0.717, 1.165) is 5.56 Å². The molecule has 8 nitrogen and oxygen atoms in total. The Labute approximate surface area is 126 Å². The summed E-state index contributed by atoms with van der Waals surface area (Å²) in [5.41, 5.74) is 0.869. The summed E-state index contributed by atoms with van der Waals surface area (Å²) in [7, 11) is 0. The summed E-state index contributed by atoms with van der Waals surface area (Å²) in [6.07, 6.45) is 0.0424. The largest absolute Gasteiger partial charge is 0.481 e. The van der Waals surface area contributed by atoms with Crippen molar-refractivity contribution in [1.82, 2.24) is 20.2 Å². The van der Waals surface area contributed by atoms with E-state index in [-0.39, 0.29) is 18.9 Å². The van der Waals surface area contributed by atoms with Gasteiger partial charge in [0.05, 0.1) is 0 Å². The van der Waals surface area contributed by atoms with Crippen molar-refractivity contribution in [2.75, 3.05) is 0 Å². The van der Waals surface area contributed by atoms with Gasteiger partial charge in [-0.3, -0.25) is 4.79 Å². The number of esters is 1. The molecule has 0 aliphatic heterocycles. The zero-order valence-corrected chi connectivity index (χ0v) is 12.0. The minimum atomic E-state index is -1.07. The lowest BCUT2D eigenvalue weighted by atomic mass is 10.2. The molecule has 0 saturated carbocycles. The average molecular weight is 304 g/mol. The van der Waals surface area contributed by atoms with Gasteiger partial charge in [0.1, 0.15) is 13.0 Å². The molecule has 0 spiro atoms. The number of benzene rings is 1. The molecule has 0 radical (unpaired) electrons. The van der Waals surface area contributed by atoms with Gasteiger partial charge < -0.3 is 9.84 Å². The SMILES string of the molecule is CCC(C(=O)OCc1ccccc1)n1nnnc1CC(=O)O. The van der Waals surface area contributed by atoms with E-state index in [2.05, 4.69) is 15.5 Å². The highest BCUT2D eigenvalue weighted by molar-refractivity contribution is 5.74. The van der Waals surface area contributed by atoms with Crippen molar-refractivity contribution in [3.05, 3.63) is 41.7 Å². The van der Waals surface area contributed by atoms with Crippen LogP contribution in [-0.4, -0.2) is 37.3 Å². The number of aromatic nitrogens is 4. The van der Waals surface area contributed by atoms with Gasteiger partial charge in [-0.1, -0.05) is 37.3 Å². The number of carbonyl (C=O) groups is 2. The molecule has 1 unspecified atom stereocenters. The maximum Gasteiger partial charge on any atom is 0.331 e. The van der Waals surface area contributed by atoms with E-state index in [1.807, 2.05) is 30.3 Å². The third-order valence-corrected chi connectivity index (χ3v) is 3.05. The Morgan fingerprint density at radius 3 is 2.68 bits per heavy atom. The molecule has 8 heteroatoms. The molecule has 1 N–H and O–H groups in total. The molecule has 0 saturated heterocycles. The molecule has 0 aliphatic rings. The minimum Gasteiger partial charge on any atom is -0.481 e. The smallest absolute Gasteiger partial charge is 0.331 e. The first kappa shape index (κ1) is 15.6. The van der Waals surface area contributed by atoms with E-state index in [1.165, 1.54) is 4.68 Å². The Hall–Kier alpha value is -2.77. The molecule has 0 aliphatic carbocycles. The molecular formula is C14H16N4O4. The lowest BCUT2D eigenvalue weighted by Gasteiger charge is -2.15. The van der Waals surface area contributed by atoms with Crippen LogP contribution in [0.2, 0.25) is 0 Å². The zero-order valence-electron chi connectivity index (χ0n) is 12.0. The summed E-state index contributed by atoms with van der Waals surface area (Å²) in [5.74, 6) is -1.44. The maximum atomic E-state index is 12.2. The number of carboxylic acids is 1. The van der Waals surface area contributed by atoms with Gasteiger partial charge in [0.15, 0.2) is 11.9 Å². The summed E-state index contributed by atoms with van der Waals surface area (Å²) in [4.78, 5) is 23.0. The van der Waals surface area contributed by atoms with Gasteiger partial charge in [-0.05, 0) is 22.4 Å². The Kier molecular flexibility index (Phi) is 5.18. The van der Waals surface area contributed by atoms with Crippen LogP contribution in [0.5, 0.6) is 0 Å². The van der Waals surface area contributed by atoms with Gasteiger partial charge in [0.25, 0.3) is 0 Å². The second-order valence-corrected chi connectivity index (χ2v) is 4.63. The first-order valence-corrected chi connectivity index (χ1v) is 6.81. The highest BCUT2D eigenvalue weighted by Gasteiger charge is 2.25. The van der Waals surface area contributed by atoms with Gasteiger partial charge in [-0.15, -0.1) is 5.10 Å². The van der Waals surface area contributed by atoms with Gasteiger partial charge in [0, 0.05) is 0 Å². The lowest BCUT2D eigenvalue weighted by molar-refractivity contribution is -0.149. The number of nitrogens with zero attached hydrogens (tertiary/aromatic N) is 4. The molecule has 2 aromatic rings. The molecular weight excluding hydrogens is 288 g/mol. The average Bonchev–Trinajstić information content (AvgIpc) is 2.94. The second kappa shape index (κ2) is 7.30. The quantitative estimate of drug-likeness (QED) is 0.760. The lowest BCUT2D eigenvalue weighted by Crippen LogP contribution is -2.25. The summed E-state index contributed by atoms with van der Waals surface area (Å²) in [6, 6.07) is 8.54. The summed E-state index contributed by atoms with van der Waals surface area (Å²) < 4.78 is 6.47. The third kappa shape index (κ3) is 3.87. The highest BCUT2D eigenvalue weighted by atomic mass is 16.5. The van der Waals surface area contributed by atoms with Crippen molar-refractivity contribution >= 4 is 11.9 Å². The topological polar surface area (TPSA) is 107 Å². The van der Waals surface area contributed by atoms with Crippen LogP contribution >= 0.6 is 0 Å². The van der Waals surface area contributed by atoms with E-state index >= 15 is 0 Å². The van der Waals surface area contributed by atoms with E-state index < -0.39 is 18.0 Å². The van der Waals surface area contributed by atoms with Crippen LogP contribution in [0.25, 0.3) is 0 Å². The fourth-order valence-electron chi connectivity index (χ4n) is 1.97. The van der Waals surface area contributed by atoms with Crippen LogP contribution in [0.4, 0.5) is 0 Å². The van der Waals surface area contributed by atoms with E-state index in [1.54, 1.807) is 6.92 Å². The molecule has 2 rings (SSSR count). The number of aliphatic carboxylic acids is 1. The number of carbonyl (C=O) groups excluding carboxylic acids is 1. The molecule has 22 heavy (non-hydrogen) atoms. The number of ether oxygens (including phenoxy) is 1. The fourth-order valence-corrected chi connectivity index (χ4v) is 1.97. The number of tetrazole rings is 1. The van der Waals surface area contributed by atoms with Crippen molar-refractivity contribution < 1.29 is 19.4 Å². The summed E-state index contributed by atoms with van der Waals surface area (Å²) in [5, 5.41) is 19.6. The molecule has 1 aromatic heterocycles. The summed E-state index contributed by atoms with van der Waals surface area (Å²) in [6.45, 7) is 1.92. The Balaban J connectivity index is 2.06. The zero-order chi connectivity index (χ0) is 15.9. The van der Waals surface area contributed by atoms with Crippen LogP contribution in [0.15, 0.2) is 30.3 Å². The first-order valence-electron chi connectivity index (χ1n) is 6.81. The van der Waals surface area contributed by atoms with Crippen molar-refractivity contribution in [3.63, 3.8) is 0 Å². The summed E-state index contributed by atoms with van der Waals surface area (Å²) >= 11 is 0. The van der Waals surface area contributed by atoms with Gasteiger partial charge in [-0.25, -0.2) is 9.48 Å². The normalized spacial score (nSPS) is 11.9. The minimum absolute atomic E-state index is 0.121. The molecule has 1 aromatic carbocycles. The second-order valence-electron chi connectivity index (χ2n) is 4.63. The fraction of sp³-hybridized carbons (Fsp3) is 0.357. The molecule has 0 bridgehead atoms. The van der Waals surface area contributed by atoms with Crippen LogP contribution in [-0.2, 0) is 27.4 Å². The predicted molar refractivity (Wildman–Crippen MR) is 74.7 cm³/mol. The monoisotopic (exact) mass is 304 g/mol. The van der Waals surface area contributed by atoms with Crippen molar-refractivity contribution in [2.45, 2.75) is 32.4 Å². The van der Waals surface area contributed by atoms with Crippen molar-refractivity contribution in [2.24, 2.45) is 0 Å².